The lowest BCUT2D eigenvalue weighted by Gasteiger charge is -2.35. The van der Waals surface area contributed by atoms with Gasteiger partial charge < -0.3 is 5.32 Å². The van der Waals surface area contributed by atoms with Crippen LogP contribution in [0.15, 0.2) is 24.3 Å². The Labute approximate surface area is 116 Å². The van der Waals surface area contributed by atoms with Crippen molar-refractivity contribution in [1.82, 2.24) is 5.32 Å². The van der Waals surface area contributed by atoms with Crippen LogP contribution in [0.25, 0.3) is 0 Å². The predicted molar refractivity (Wildman–Crippen MR) is 78.8 cm³/mol. The highest BCUT2D eigenvalue weighted by atomic mass is 19.1. The van der Waals surface area contributed by atoms with Gasteiger partial charge in [0.05, 0.1) is 0 Å². The summed E-state index contributed by atoms with van der Waals surface area (Å²) in [6, 6.07) is 7.53. The van der Waals surface area contributed by atoms with E-state index < -0.39 is 0 Å². The van der Waals surface area contributed by atoms with Crippen LogP contribution in [0.5, 0.6) is 0 Å². The van der Waals surface area contributed by atoms with Crippen LogP contribution in [0.4, 0.5) is 4.39 Å². The highest BCUT2D eigenvalue weighted by Gasteiger charge is 2.36. The van der Waals surface area contributed by atoms with Gasteiger partial charge in [-0.15, -0.1) is 0 Å². The maximum Gasteiger partial charge on any atom is 0.123 e. The summed E-state index contributed by atoms with van der Waals surface area (Å²) in [5, 5.41) is 3.70. The normalized spacial score (nSPS) is 19.5. The van der Waals surface area contributed by atoms with Crippen LogP contribution in [-0.4, -0.2) is 12.6 Å². The molecule has 1 unspecified atom stereocenters. The fourth-order valence-electron chi connectivity index (χ4n) is 3.31. The summed E-state index contributed by atoms with van der Waals surface area (Å²) in [6.45, 7) is 5.64. The molecule has 106 valence electrons. The fraction of sp³-hybridized carbons (Fsp3) is 0.647. The van der Waals surface area contributed by atoms with Gasteiger partial charge >= 0.3 is 0 Å². The van der Waals surface area contributed by atoms with Crippen LogP contribution in [0.1, 0.15) is 51.5 Å². The highest BCUT2D eigenvalue weighted by molar-refractivity contribution is 5.18. The van der Waals surface area contributed by atoms with Crippen LogP contribution in [0.3, 0.4) is 0 Å². The second-order valence-electron chi connectivity index (χ2n) is 6.20. The van der Waals surface area contributed by atoms with Crippen LogP contribution in [-0.2, 0) is 6.42 Å². The van der Waals surface area contributed by atoms with Crippen LogP contribution in [0.2, 0.25) is 0 Å². The first-order chi connectivity index (χ1) is 9.14. The monoisotopic (exact) mass is 263 g/mol. The van der Waals surface area contributed by atoms with Crippen molar-refractivity contribution in [1.29, 1.82) is 0 Å². The van der Waals surface area contributed by atoms with Gasteiger partial charge in [0.2, 0.25) is 0 Å². The molecular weight excluding hydrogens is 237 g/mol. The molecule has 0 amide bonds. The maximum atomic E-state index is 13.3. The second kappa shape index (κ2) is 6.51. The third-order valence-electron chi connectivity index (χ3n) is 4.56. The molecule has 2 heteroatoms. The molecule has 1 aliphatic rings. The van der Waals surface area contributed by atoms with E-state index in [2.05, 4.69) is 19.2 Å². The van der Waals surface area contributed by atoms with Crippen molar-refractivity contribution in [3.63, 3.8) is 0 Å². The molecule has 1 aromatic rings. The van der Waals surface area contributed by atoms with E-state index in [0.29, 0.717) is 11.5 Å². The molecule has 0 bridgehead atoms. The smallest absolute Gasteiger partial charge is 0.123 e. The SMILES string of the molecule is CCCNC(Cc1cccc(F)c1)C1(C)CCCC1. The average molecular weight is 263 g/mol. The summed E-state index contributed by atoms with van der Waals surface area (Å²) in [5.74, 6) is -0.122. The van der Waals surface area contributed by atoms with Gasteiger partial charge in [0.1, 0.15) is 5.82 Å². The van der Waals surface area contributed by atoms with E-state index in [0.717, 1.165) is 24.9 Å². The van der Waals surface area contributed by atoms with E-state index in [1.165, 1.54) is 31.7 Å². The lowest BCUT2D eigenvalue weighted by molar-refractivity contribution is 0.219. The summed E-state index contributed by atoms with van der Waals surface area (Å²) in [7, 11) is 0. The zero-order chi connectivity index (χ0) is 13.7. The summed E-state index contributed by atoms with van der Waals surface area (Å²) in [4.78, 5) is 0. The molecule has 19 heavy (non-hydrogen) atoms. The molecule has 0 spiro atoms. The Kier molecular flexibility index (Phi) is 4.98. The molecule has 1 aromatic carbocycles. The van der Waals surface area contributed by atoms with Gasteiger partial charge in [-0.25, -0.2) is 4.39 Å². The number of benzene rings is 1. The Morgan fingerprint density at radius 3 is 2.68 bits per heavy atom. The molecule has 1 nitrogen and oxygen atoms in total. The van der Waals surface area contributed by atoms with Crippen molar-refractivity contribution in [3.05, 3.63) is 35.6 Å². The minimum absolute atomic E-state index is 0.122. The number of halogens is 1. The molecule has 1 aliphatic carbocycles. The molecule has 1 fully saturated rings. The average Bonchev–Trinajstić information content (AvgIpc) is 2.82. The van der Waals surface area contributed by atoms with Crippen molar-refractivity contribution in [3.8, 4) is 0 Å². The van der Waals surface area contributed by atoms with E-state index in [-0.39, 0.29) is 5.82 Å². The fourth-order valence-corrected chi connectivity index (χ4v) is 3.31. The first-order valence-electron chi connectivity index (χ1n) is 7.62. The van der Waals surface area contributed by atoms with Gasteiger partial charge in [-0.2, -0.15) is 0 Å². The van der Waals surface area contributed by atoms with Crippen molar-refractivity contribution < 1.29 is 4.39 Å². The molecule has 0 aromatic heterocycles. The maximum absolute atomic E-state index is 13.3. The van der Waals surface area contributed by atoms with E-state index in [9.17, 15) is 4.39 Å². The number of hydrogen-bond acceptors (Lipinski definition) is 1. The predicted octanol–water partition coefficient (Wildman–Crippen LogP) is 4.32. The summed E-state index contributed by atoms with van der Waals surface area (Å²) in [5.41, 5.74) is 1.49. The summed E-state index contributed by atoms with van der Waals surface area (Å²) >= 11 is 0. The van der Waals surface area contributed by atoms with Gasteiger partial charge in [-0.05, 0) is 55.3 Å². The number of hydrogen-bond donors (Lipinski definition) is 1. The minimum atomic E-state index is -0.122. The molecule has 0 radical (unpaired) electrons. The van der Waals surface area contributed by atoms with Crippen molar-refractivity contribution in [2.45, 2.75) is 58.4 Å². The number of rotatable bonds is 6. The summed E-state index contributed by atoms with van der Waals surface area (Å²) < 4.78 is 13.3. The molecule has 1 atom stereocenters. The lowest BCUT2D eigenvalue weighted by Crippen LogP contribution is -2.44. The first kappa shape index (κ1) is 14.5. The Hall–Kier alpha value is -0.890. The Morgan fingerprint density at radius 2 is 2.05 bits per heavy atom. The topological polar surface area (TPSA) is 12.0 Å². The minimum Gasteiger partial charge on any atom is -0.313 e. The van der Waals surface area contributed by atoms with Crippen LogP contribution < -0.4 is 5.32 Å². The molecule has 0 saturated heterocycles. The molecule has 1 N–H and O–H groups in total. The van der Waals surface area contributed by atoms with Crippen LogP contribution in [0, 0.1) is 11.2 Å². The zero-order valence-corrected chi connectivity index (χ0v) is 12.2. The van der Waals surface area contributed by atoms with Gasteiger partial charge in [-0.1, -0.05) is 38.8 Å². The molecule has 1 saturated carbocycles. The summed E-state index contributed by atoms with van der Waals surface area (Å²) in [6.07, 6.45) is 7.35. The molecular formula is C17H26FN. The van der Waals surface area contributed by atoms with Crippen molar-refractivity contribution in [2.24, 2.45) is 5.41 Å². The van der Waals surface area contributed by atoms with Crippen molar-refractivity contribution >= 4 is 0 Å². The van der Waals surface area contributed by atoms with E-state index in [1.807, 2.05) is 12.1 Å². The third kappa shape index (κ3) is 3.79. The lowest BCUT2D eigenvalue weighted by atomic mass is 9.77. The van der Waals surface area contributed by atoms with E-state index >= 15 is 0 Å². The second-order valence-corrected chi connectivity index (χ2v) is 6.20. The molecule has 0 aliphatic heterocycles. The molecule has 0 heterocycles. The van der Waals surface area contributed by atoms with Gasteiger partial charge in [-0.3, -0.25) is 0 Å². The molecule has 2 rings (SSSR count). The van der Waals surface area contributed by atoms with E-state index in [1.54, 1.807) is 6.07 Å². The quantitative estimate of drug-likeness (QED) is 0.806. The standard InChI is InChI=1S/C17H26FN/c1-3-11-19-16(17(2)9-4-5-10-17)13-14-7-6-8-15(18)12-14/h6-8,12,16,19H,3-5,9-11,13H2,1-2H3. The van der Waals surface area contributed by atoms with Gasteiger partial charge in [0.25, 0.3) is 0 Å². The van der Waals surface area contributed by atoms with Gasteiger partial charge in [0.15, 0.2) is 0 Å². The first-order valence-corrected chi connectivity index (χ1v) is 7.62. The Morgan fingerprint density at radius 1 is 1.32 bits per heavy atom. The zero-order valence-electron chi connectivity index (χ0n) is 12.2. The van der Waals surface area contributed by atoms with E-state index in [4.69, 9.17) is 0 Å². The van der Waals surface area contributed by atoms with Crippen molar-refractivity contribution in [2.75, 3.05) is 6.54 Å². The van der Waals surface area contributed by atoms with Crippen LogP contribution >= 0.6 is 0 Å². The third-order valence-corrected chi connectivity index (χ3v) is 4.56. The van der Waals surface area contributed by atoms with Gasteiger partial charge in [0, 0.05) is 6.04 Å². The number of nitrogens with one attached hydrogen (secondary N) is 1. The Balaban J connectivity index is 2.09. The Bertz CT molecular complexity index is 396. The largest absolute Gasteiger partial charge is 0.313 e. The highest BCUT2D eigenvalue weighted by Crippen LogP contribution is 2.41.